The zero-order chi connectivity index (χ0) is 13.1. The van der Waals surface area contributed by atoms with E-state index in [1.807, 2.05) is 24.3 Å². The zero-order valence-corrected chi connectivity index (χ0v) is 11.3. The summed E-state index contributed by atoms with van der Waals surface area (Å²) in [6.45, 7) is 4.39. The number of carbonyl (C=O) groups excluding carboxylic acids is 1. The first-order valence-electron chi connectivity index (χ1n) is 7.34. The summed E-state index contributed by atoms with van der Waals surface area (Å²) in [5.74, 6) is 0.190. The van der Waals surface area contributed by atoms with Gasteiger partial charge in [-0.25, -0.2) is 0 Å². The highest BCUT2D eigenvalue weighted by Gasteiger charge is 2.31. The second-order valence-corrected chi connectivity index (χ2v) is 5.59. The summed E-state index contributed by atoms with van der Waals surface area (Å²) in [6, 6.07) is 10.8. The van der Waals surface area contributed by atoms with Crippen molar-refractivity contribution in [2.24, 2.45) is 0 Å². The number of rotatable bonds is 3. The molecule has 1 amide bonds. The van der Waals surface area contributed by atoms with E-state index in [4.69, 9.17) is 0 Å². The second-order valence-electron chi connectivity index (χ2n) is 5.59. The molecule has 1 atom stereocenters. The smallest absolute Gasteiger partial charge is 0.254 e. The highest BCUT2D eigenvalue weighted by atomic mass is 16.2. The van der Waals surface area contributed by atoms with Gasteiger partial charge in [0.25, 0.3) is 5.91 Å². The first kappa shape index (κ1) is 12.7. The quantitative estimate of drug-likeness (QED) is 0.828. The van der Waals surface area contributed by atoms with Gasteiger partial charge >= 0.3 is 0 Å². The van der Waals surface area contributed by atoms with Crippen LogP contribution in [-0.4, -0.2) is 47.9 Å². The van der Waals surface area contributed by atoms with Gasteiger partial charge in [0, 0.05) is 24.7 Å². The van der Waals surface area contributed by atoms with E-state index in [0.717, 1.165) is 31.5 Å². The molecule has 1 aromatic carbocycles. The van der Waals surface area contributed by atoms with Crippen LogP contribution >= 0.6 is 0 Å². The molecule has 2 aliphatic rings. The summed E-state index contributed by atoms with van der Waals surface area (Å²) in [5, 5.41) is 0. The van der Waals surface area contributed by atoms with Gasteiger partial charge in [0.1, 0.15) is 0 Å². The monoisotopic (exact) mass is 257 g/mol. The number of amides is 1. The molecule has 0 aliphatic carbocycles. The van der Waals surface area contributed by atoms with Crippen LogP contribution in [0.3, 0.4) is 0 Å². The third-order valence-corrected chi connectivity index (χ3v) is 4.27. The van der Waals surface area contributed by atoms with Gasteiger partial charge in [-0.05, 0) is 57.0 Å². The fourth-order valence-electron chi connectivity index (χ4n) is 3.25. The van der Waals surface area contributed by atoms with E-state index in [0.29, 0.717) is 6.04 Å². The lowest BCUT2D eigenvalue weighted by Gasteiger charge is -2.28. The van der Waals surface area contributed by atoms with E-state index in [9.17, 15) is 4.79 Å². The molecule has 1 radical (unpaired) electrons. The van der Waals surface area contributed by atoms with Gasteiger partial charge in [0.15, 0.2) is 0 Å². The fraction of sp³-hybridized carbons (Fsp3) is 0.562. The Bertz CT molecular complexity index is 426. The van der Waals surface area contributed by atoms with Crippen molar-refractivity contribution in [2.75, 3.05) is 26.2 Å². The van der Waals surface area contributed by atoms with E-state index in [2.05, 4.69) is 15.9 Å². The lowest BCUT2D eigenvalue weighted by molar-refractivity contribution is 0.0709. The largest absolute Gasteiger partial charge is 0.334 e. The molecule has 2 fully saturated rings. The summed E-state index contributed by atoms with van der Waals surface area (Å²) in [7, 11) is 0. The normalized spacial score (nSPS) is 24.0. The minimum Gasteiger partial charge on any atom is -0.334 e. The van der Waals surface area contributed by atoms with Crippen LogP contribution in [0.2, 0.25) is 0 Å². The molecule has 0 bridgehead atoms. The minimum atomic E-state index is 0.190. The molecule has 0 aromatic heterocycles. The van der Waals surface area contributed by atoms with E-state index in [1.165, 1.54) is 25.9 Å². The summed E-state index contributed by atoms with van der Waals surface area (Å²) in [5.41, 5.74) is 0.798. The van der Waals surface area contributed by atoms with Crippen molar-refractivity contribution >= 4 is 5.91 Å². The number of hydrogen-bond acceptors (Lipinski definition) is 2. The summed E-state index contributed by atoms with van der Waals surface area (Å²) >= 11 is 0. The molecule has 2 saturated heterocycles. The topological polar surface area (TPSA) is 23.6 Å². The Morgan fingerprint density at radius 1 is 1.16 bits per heavy atom. The predicted octanol–water partition coefficient (Wildman–Crippen LogP) is 2.19. The van der Waals surface area contributed by atoms with E-state index in [1.54, 1.807) is 0 Å². The van der Waals surface area contributed by atoms with Crippen LogP contribution in [0.15, 0.2) is 24.3 Å². The van der Waals surface area contributed by atoms with Gasteiger partial charge in [0.05, 0.1) is 0 Å². The Morgan fingerprint density at radius 2 is 1.89 bits per heavy atom. The lowest BCUT2D eigenvalue weighted by Crippen LogP contribution is -2.42. The number of carbonyl (C=O) groups is 1. The van der Waals surface area contributed by atoms with Crippen LogP contribution in [-0.2, 0) is 0 Å². The first-order chi connectivity index (χ1) is 9.34. The van der Waals surface area contributed by atoms with Crippen LogP contribution in [0.25, 0.3) is 0 Å². The Hall–Kier alpha value is -1.35. The Kier molecular flexibility index (Phi) is 3.83. The second kappa shape index (κ2) is 5.74. The van der Waals surface area contributed by atoms with Crippen LogP contribution in [0.1, 0.15) is 36.0 Å². The summed E-state index contributed by atoms with van der Waals surface area (Å²) in [4.78, 5) is 17.1. The standard InChI is InChI=1S/C16H21N2O/c19-16(14-7-2-1-3-8-14)18-12-6-9-15(18)13-17-10-4-5-11-17/h2-3,7-8,15H,4-6,9-13H2. The Balaban J connectivity index is 1.67. The maximum atomic E-state index is 12.5. The molecule has 19 heavy (non-hydrogen) atoms. The highest BCUT2D eigenvalue weighted by molar-refractivity contribution is 5.94. The van der Waals surface area contributed by atoms with Crippen molar-refractivity contribution in [1.82, 2.24) is 9.80 Å². The van der Waals surface area contributed by atoms with E-state index >= 15 is 0 Å². The number of likely N-dealkylation sites (tertiary alicyclic amines) is 2. The molecule has 101 valence electrons. The van der Waals surface area contributed by atoms with Crippen LogP contribution in [0.5, 0.6) is 0 Å². The predicted molar refractivity (Wildman–Crippen MR) is 75.0 cm³/mol. The van der Waals surface area contributed by atoms with Gasteiger partial charge in [-0.15, -0.1) is 0 Å². The van der Waals surface area contributed by atoms with Crippen molar-refractivity contribution < 1.29 is 4.79 Å². The number of nitrogens with zero attached hydrogens (tertiary/aromatic N) is 2. The van der Waals surface area contributed by atoms with Gasteiger partial charge in [0.2, 0.25) is 0 Å². The molecule has 0 N–H and O–H groups in total. The van der Waals surface area contributed by atoms with Gasteiger partial charge in [-0.1, -0.05) is 12.1 Å². The van der Waals surface area contributed by atoms with Gasteiger partial charge in [-0.3, -0.25) is 4.79 Å². The molecular weight excluding hydrogens is 236 g/mol. The van der Waals surface area contributed by atoms with Crippen molar-refractivity contribution in [3.63, 3.8) is 0 Å². The molecule has 3 rings (SSSR count). The van der Waals surface area contributed by atoms with Crippen LogP contribution in [0, 0.1) is 6.07 Å². The summed E-state index contributed by atoms with van der Waals surface area (Å²) < 4.78 is 0. The average molecular weight is 257 g/mol. The van der Waals surface area contributed by atoms with Crippen molar-refractivity contribution in [3.8, 4) is 0 Å². The Morgan fingerprint density at radius 3 is 2.63 bits per heavy atom. The third kappa shape index (κ3) is 2.81. The average Bonchev–Trinajstić information content (AvgIpc) is 3.11. The minimum absolute atomic E-state index is 0.190. The van der Waals surface area contributed by atoms with Crippen molar-refractivity contribution in [1.29, 1.82) is 0 Å². The van der Waals surface area contributed by atoms with Gasteiger partial charge < -0.3 is 9.80 Å². The molecule has 3 heteroatoms. The van der Waals surface area contributed by atoms with E-state index in [-0.39, 0.29) is 5.91 Å². The molecule has 2 aliphatic heterocycles. The molecule has 2 heterocycles. The maximum absolute atomic E-state index is 12.5. The zero-order valence-electron chi connectivity index (χ0n) is 11.3. The Labute approximate surface area is 115 Å². The molecule has 1 unspecified atom stereocenters. The van der Waals surface area contributed by atoms with Gasteiger partial charge in [-0.2, -0.15) is 0 Å². The molecular formula is C16H21N2O. The van der Waals surface area contributed by atoms with Crippen molar-refractivity contribution in [3.05, 3.63) is 35.9 Å². The molecule has 0 spiro atoms. The van der Waals surface area contributed by atoms with Crippen LogP contribution < -0.4 is 0 Å². The van der Waals surface area contributed by atoms with Crippen LogP contribution in [0.4, 0.5) is 0 Å². The maximum Gasteiger partial charge on any atom is 0.254 e. The molecule has 1 aromatic rings. The van der Waals surface area contributed by atoms with E-state index < -0.39 is 0 Å². The summed E-state index contributed by atoms with van der Waals surface area (Å²) in [6.07, 6.45) is 4.93. The lowest BCUT2D eigenvalue weighted by atomic mass is 10.1. The molecule has 3 nitrogen and oxygen atoms in total. The van der Waals surface area contributed by atoms with Crippen molar-refractivity contribution in [2.45, 2.75) is 31.7 Å². The first-order valence-corrected chi connectivity index (χ1v) is 7.34. The number of hydrogen-bond donors (Lipinski definition) is 0. The SMILES string of the molecule is O=C(c1cc[c]cc1)N1CCCC1CN1CCCC1. The third-order valence-electron chi connectivity index (χ3n) is 4.27. The number of benzene rings is 1. The molecule has 0 saturated carbocycles. The fourth-order valence-corrected chi connectivity index (χ4v) is 3.25. The highest BCUT2D eigenvalue weighted by Crippen LogP contribution is 2.22.